The lowest BCUT2D eigenvalue weighted by Crippen LogP contribution is -2.44. The van der Waals surface area contributed by atoms with E-state index in [1.807, 2.05) is 4.90 Å². The fourth-order valence-corrected chi connectivity index (χ4v) is 2.59. The number of hydrogen-bond donors (Lipinski definition) is 1. The highest BCUT2D eigenvalue weighted by atomic mass is 16.5. The van der Waals surface area contributed by atoms with Crippen LogP contribution in [0.3, 0.4) is 0 Å². The summed E-state index contributed by atoms with van der Waals surface area (Å²) in [6.45, 7) is 3.23. The molecule has 1 aliphatic heterocycles. The molecule has 1 amide bonds. The third kappa shape index (κ3) is 3.97. The van der Waals surface area contributed by atoms with E-state index < -0.39 is 0 Å². The van der Waals surface area contributed by atoms with Gasteiger partial charge in [-0.3, -0.25) is 4.79 Å². The molecule has 0 spiro atoms. The highest BCUT2D eigenvalue weighted by Crippen LogP contribution is 2.17. The van der Waals surface area contributed by atoms with Gasteiger partial charge in [0.2, 0.25) is 5.91 Å². The number of esters is 1. The summed E-state index contributed by atoms with van der Waals surface area (Å²) in [7, 11) is 1.35. The van der Waals surface area contributed by atoms with Crippen LogP contribution in [0.4, 0.5) is 5.69 Å². The monoisotopic (exact) mass is 290 g/mol. The van der Waals surface area contributed by atoms with Crippen molar-refractivity contribution in [3.63, 3.8) is 0 Å². The number of amides is 1. The zero-order valence-corrected chi connectivity index (χ0v) is 12.6. The average Bonchev–Trinajstić information content (AvgIpc) is 2.52. The van der Waals surface area contributed by atoms with Gasteiger partial charge in [0.15, 0.2) is 0 Å². The Kier molecular flexibility index (Phi) is 5.20. The molecule has 1 N–H and O–H groups in total. The average molecular weight is 290 g/mol. The van der Waals surface area contributed by atoms with Gasteiger partial charge in [0, 0.05) is 18.3 Å². The number of nitrogens with zero attached hydrogens (tertiary/aromatic N) is 1. The van der Waals surface area contributed by atoms with Crippen molar-refractivity contribution in [3.8, 4) is 0 Å². The molecule has 21 heavy (non-hydrogen) atoms. The van der Waals surface area contributed by atoms with Crippen molar-refractivity contribution < 1.29 is 14.3 Å². The summed E-state index contributed by atoms with van der Waals surface area (Å²) in [5, 5.41) is 3.10. The molecule has 1 aromatic rings. The molecule has 0 radical (unpaired) electrons. The van der Waals surface area contributed by atoms with Crippen LogP contribution in [0.5, 0.6) is 0 Å². The van der Waals surface area contributed by atoms with Crippen LogP contribution in [0.25, 0.3) is 0 Å². The Bertz CT molecular complexity index is 499. The fraction of sp³-hybridized carbons (Fsp3) is 0.500. The number of ether oxygens (including phenoxy) is 1. The van der Waals surface area contributed by atoms with Gasteiger partial charge in [0.1, 0.15) is 0 Å². The summed E-state index contributed by atoms with van der Waals surface area (Å²) in [5.41, 5.74) is 1.32. The second kappa shape index (κ2) is 7.11. The second-order valence-electron chi connectivity index (χ2n) is 5.35. The molecular weight excluding hydrogens is 268 g/mol. The van der Waals surface area contributed by atoms with Crippen LogP contribution in [-0.4, -0.2) is 43.0 Å². The molecule has 0 aliphatic carbocycles. The van der Waals surface area contributed by atoms with Gasteiger partial charge in [-0.2, -0.15) is 0 Å². The molecule has 1 atom stereocenters. The van der Waals surface area contributed by atoms with Crippen molar-refractivity contribution in [2.24, 2.45) is 0 Å². The molecule has 1 fully saturated rings. The smallest absolute Gasteiger partial charge is 0.337 e. The van der Waals surface area contributed by atoms with Gasteiger partial charge in [-0.25, -0.2) is 4.79 Å². The third-order valence-corrected chi connectivity index (χ3v) is 3.87. The maximum atomic E-state index is 12.2. The van der Waals surface area contributed by atoms with Gasteiger partial charge >= 0.3 is 5.97 Å². The minimum atomic E-state index is -0.361. The number of carbonyl (C=O) groups is 2. The van der Waals surface area contributed by atoms with Gasteiger partial charge < -0.3 is 15.0 Å². The molecular formula is C16H22N2O3. The predicted octanol–water partition coefficient (Wildman–Crippen LogP) is 2.29. The maximum Gasteiger partial charge on any atom is 0.337 e. The quantitative estimate of drug-likeness (QED) is 0.864. The van der Waals surface area contributed by atoms with Crippen LogP contribution >= 0.6 is 0 Å². The first-order valence-corrected chi connectivity index (χ1v) is 7.33. The van der Waals surface area contributed by atoms with Crippen LogP contribution in [0.2, 0.25) is 0 Å². The number of rotatable bonds is 4. The van der Waals surface area contributed by atoms with Crippen molar-refractivity contribution in [2.45, 2.75) is 32.2 Å². The van der Waals surface area contributed by atoms with E-state index in [9.17, 15) is 9.59 Å². The van der Waals surface area contributed by atoms with Gasteiger partial charge in [-0.05, 0) is 50.5 Å². The zero-order valence-electron chi connectivity index (χ0n) is 12.6. The number of benzene rings is 1. The SMILES string of the molecule is COC(=O)c1ccc(NCC(=O)N2CCCCC2C)cc1. The molecule has 5 nitrogen and oxygen atoms in total. The molecule has 1 unspecified atom stereocenters. The van der Waals surface area contributed by atoms with Gasteiger partial charge in [0.05, 0.1) is 19.2 Å². The minimum Gasteiger partial charge on any atom is -0.465 e. The number of piperidine rings is 1. The molecule has 1 heterocycles. The summed E-state index contributed by atoms with van der Waals surface area (Å²) in [4.78, 5) is 25.5. The largest absolute Gasteiger partial charge is 0.465 e. The van der Waals surface area contributed by atoms with E-state index in [1.54, 1.807) is 24.3 Å². The maximum absolute atomic E-state index is 12.2. The Morgan fingerprint density at radius 3 is 2.62 bits per heavy atom. The van der Waals surface area contributed by atoms with Crippen LogP contribution < -0.4 is 5.32 Å². The van der Waals surface area contributed by atoms with Crippen molar-refractivity contribution in [2.75, 3.05) is 25.5 Å². The topological polar surface area (TPSA) is 58.6 Å². The van der Waals surface area contributed by atoms with E-state index in [2.05, 4.69) is 17.0 Å². The van der Waals surface area contributed by atoms with Gasteiger partial charge in [-0.15, -0.1) is 0 Å². The van der Waals surface area contributed by atoms with Crippen molar-refractivity contribution in [1.29, 1.82) is 0 Å². The molecule has 2 rings (SSSR count). The van der Waals surface area contributed by atoms with Gasteiger partial charge in [0.25, 0.3) is 0 Å². The lowest BCUT2D eigenvalue weighted by molar-refractivity contribution is -0.132. The predicted molar refractivity (Wildman–Crippen MR) is 81.3 cm³/mol. The van der Waals surface area contributed by atoms with Crippen LogP contribution in [0.15, 0.2) is 24.3 Å². The Morgan fingerprint density at radius 1 is 1.29 bits per heavy atom. The molecule has 5 heteroatoms. The summed E-state index contributed by atoms with van der Waals surface area (Å²) in [6, 6.07) is 7.25. The number of nitrogens with one attached hydrogen (secondary N) is 1. The number of hydrogen-bond acceptors (Lipinski definition) is 4. The standard InChI is InChI=1S/C16H22N2O3/c1-12-5-3-4-10-18(12)15(19)11-17-14-8-6-13(7-9-14)16(20)21-2/h6-9,12,17H,3-5,10-11H2,1-2H3. The molecule has 114 valence electrons. The molecule has 0 aromatic heterocycles. The number of anilines is 1. The van der Waals surface area contributed by atoms with E-state index >= 15 is 0 Å². The first-order chi connectivity index (χ1) is 10.1. The number of carbonyl (C=O) groups excluding carboxylic acids is 2. The molecule has 0 bridgehead atoms. The molecule has 1 aliphatic rings. The lowest BCUT2D eigenvalue weighted by atomic mass is 10.0. The molecule has 0 saturated carbocycles. The Labute approximate surface area is 125 Å². The minimum absolute atomic E-state index is 0.124. The molecule has 1 aromatic carbocycles. The van der Waals surface area contributed by atoms with Crippen LogP contribution in [0, 0.1) is 0 Å². The Morgan fingerprint density at radius 2 is 2.00 bits per heavy atom. The van der Waals surface area contributed by atoms with Crippen molar-refractivity contribution in [1.82, 2.24) is 4.90 Å². The van der Waals surface area contributed by atoms with Gasteiger partial charge in [-0.1, -0.05) is 0 Å². The fourth-order valence-electron chi connectivity index (χ4n) is 2.59. The lowest BCUT2D eigenvalue weighted by Gasteiger charge is -2.33. The van der Waals surface area contributed by atoms with Crippen molar-refractivity contribution in [3.05, 3.63) is 29.8 Å². The first-order valence-electron chi connectivity index (χ1n) is 7.33. The van der Waals surface area contributed by atoms with E-state index in [4.69, 9.17) is 0 Å². The van der Waals surface area contributed by atoms with Crippen LogP contribution in [-0.2, 0) is 9.53 Å². The van der Waals surface area contributed by atoms with E-state index in [-0.39, 0.29) is 18.4 Å². The Hall–Kier alpha value is -2.04. The highest BCUT2D eigenvalue weighted by molar-refractivity contribution is 5.89. The zero-order chi connectivity index (χ0) is 15.2. The van der Waals surface area contributed by atoms with E-state index in [0.717, 1.165) is 25.1 Å². The summed E-state index contributed by atoms with van der Waals surface area (Å²) in [6.07, 6.45) is 3.37. The second-order valence-corrected chi connectivity index (χ2v) is 5.35. The van der Waals surface area contributed by atoms with Crippen molar-refractivity contribution >= 4 is 17.6 Å². The van der Waals surface area contributed by atoms with E-state index in [0.29, 0.717) is 11.6 Å². The summed E-state index contributed by atoms with van der Waals surface area (Å²) < 4.78 is 4.65. The summed E-state index contributed by atoms with van der Waals surface area (Å²) in [5.74, 6) is -0.237. The molecule has 1 saturated heterocycles. The van der Waals surface area contributed by atoms with E-state index in [1.165, 1.54) is 13.5 Å². The third-order valence-electron chi connectivity index (χ3n) is 3.87. The summed E-state index contributed by atoms with van der Waals surface area (Å²) >= 11 is 0. The normalized spacial score (nSPS) is 18.2. The van der Waals surface area contributed by atoms with Crippen LogP contribution in [0.1, 0.15) is 36.5 Å². The number of likely N-dealkylation sites (tertiary alicyclic amines) is 1. The Balaban J connectivity index is 1.87. The highest BCUT2D eigenvalue weighted by Gasteiger charge is 2.22. The number of methoxy groups -OCH3 is 1. The first kappa shape index (κ1) is 15.4.